The van der Waals surface area contributed by atoms with E-state index in [2.05, 4.69) is 0 Å². The van der Waals surface area contributed by atoms with E-state index in [1.165, 1.54) is 24.3 Å². The van der Waals surface area contributed by atoms with Crippen LogP contribution in [0, 0.1) is 40.1 Å². The van der Waals surface area contributed by atoms with Gasteiger partial charge in [0.05, 0.1) is 11.1 Å². The highest BCUT2D eigenvalue weighted by molar-refractivity contribution is 6.01. The van der Waals surface area contributed by atoms with Crippen molar-refractivity contribution in [3.8, 4) is 23.3 Å². The van der Waals surface area contributed by atoms with Gasteiger partial charge in [0.2, 0.25) is 0 Å². The SMILES string of the molecule is N#Cc1cc2cc(F)ccc2c(-c2cc(F)cc(F)c2)c1C#N. The number of fused-ring (bicyclic) bond motifs is 1. The first kappa shape index (κ1) is 14.6. The van der Waals surface area contributed by atoms with E-state index >= 15 is 0 Å². The number of rotatable bonds is 1. The number of hydrogen-bond acceptors (Lipinski definition) is 2. The second-order valence-corrected chi connectivity index (χ2v) is 4.92. The monoisotopic (exact) mass is 308 g/mol. The van der Waals surface area contributed by atoms with Gasteiger partial charge in [0.1, 0.15) is 29.6 Å². The maximum atomic E-state index is 13.5. The zero-order valence-corrected chi connectivity index (χ0v) is 11.6. The first-order valence-corrected chi connectivity index (χ1v) is 6.56. The Kier molecular flexibility index (Phi) is 3.48. The summed E-state index contributed by atoms with van der Waals surface area (Å²) in [7, 11) is 0. The molecular formula is C18H7F3N2. The fourth-order valence-electron chi connectivity index (χ4n) is 2.58. The minimum atomic E-state index is -0.804. The molecule has 3 aromatic rings. The lowest BCUT2D eigenvalue weighted by Crippen LogP contribution is -1.94. The third kappa shape index (κ3) is 2.49. The molecule has 0 unspecified atom stereocenters. The Morgan fingerprint density at radius 3 is 2.04 bits per heavy atom. The molecule has 0 bridgehead atoms. The van der Waals surface area contributed by atoms with E-state index < -0.39 is 17.5 Å². The molecule has 23 heavy (non-hydrogen) atoms. The molecule has 0 fully saturated rings. The van der Waals surface area contributed by atoms with Gasteiger partial charge in [-0.25, -0.2) is 13.2 Å². The first-order valence-electron chi connectivity index (χ1n) is 6.56. The lowest BCUT2D eigenvalue weighted by molar-refractivity contribution is 0.584. The highest BCUT2D eigenvalue weighted by Gasteiger charge is 2.17. The zero-order valence-electron chi connectivity index (χ0n) is 11.6. The quantitative estimate of drug-likeness (QED) is 0.656. The molecule has 5 heteroatoms. The van der Waals surface area contributed by atoms with E-state index in [1.807, 2.05) is 12.1 Å². The van der Waals surface area contributed by atoms with Crippen molar-refractivity contribution in [1.29, 1.82) is 10.5 Å². The van der Waals surface area contributed by atoms with Crippen molar-refractivity contribution in [1.82, 2.24) is 0 Å². The van der Waals surface area contributed by atoms with Crippen LogP contribution < -0.4 is 0 Å². The second kappa shape index (κ2) is 5.47. The summed E-state index contributed by atoms with van der Waals surface area (Å²) in [6.07, 6.45) is 0. The van der Waals surface area contributed by atoms with Gasteiger partial charge in [-0.2, -0.15) is 10.5 Å². The van der Waals surface area contributed by atoms with Crippen LogP contribution >= 0.6 is 0 Å². The summed E-state index contributed by atoms with van der Waals surface area (Å²) in [6, 6.07) is 11.8. The third-order valence-corrected chi connectivity index (χ3v) is 3.49. The van der Waals surface area contributed by atoms with E-state index in [0.717, 1.165) is 12.1 Å². The van der Waals surface area contributed by atoms with Gasteiger partial charge in [-0.15, -0.1) is 0 Å². The van der Waals surface area contributed by atoms with Gasteiger partial charge in [0, 0.05) is 11.6 Å². The van der Waals surface area contributed by atoms with Gasteiger partial charge in [0.15, 0.2) is 0 Å². The smallest absolute Gasteiger partial charge is 0.126 e. The summed E-state index contributed by atoms with van der Waals surface area (Å²) in [4.78, 5) is 0. The molecule has 0 aromatic heterocycles. The highest BCUT2D eigenvalue weighted by atomic mass is 19.1. The zero-order chi connectivity index (χ0) is 16.6. The lowest BCUT2D eigenvalue weighted by Gasteiger charge is -2.11. The van der Waals surface area contributed by atoms with E-state index in [1.54, 1.807) is 0 Å². The fourth-order valence-corrected chi connectivity index (χ4v) is 2.58. The highest BCUT2D eigenvalue weighted by Crippen LogP contribution is 2.35. The molecule has 110 valence electrons. The Balaban J connectivity index is 2.51. The summed E-state index contributed by atoms with van der Waals surface area (Å²) in [6.45, 7) is 0. The van der Waals surface area contributed by atoms with Crippen LogP contribution in [0.5, 0.6) is 0 Å². The molecule has 2 nitrogen and oxygen atoms in total. The minimum Gasteiger partial charge on any atom is -0.207 e. The van der Waals surface area contributed by atoms with Crippen LogP contribution in [0.25, 0.3) is 21.9 Å². The van der Waals surface area contributed by atoms with Gasteiger partial charge in [0.25, 0.3) is 0 Å². The van der Waals surface area contributed by atoms with Gasteiger partial charge in [-0.1, -0.05) is 6.07 Å². The number of nitrogens with zero attached hydrogens (tertiary/aromatic N) is 2. The average molecular weight is 308 g/mol. The lowest BCUT2D eigenvalue weighted by atomic mass is 9.90. The van der Waals surface area contributed by atoms with E-state index in [0.29, 0.717) is 16.8 Å². The van der Waals surface area contributed by atoms with Crippen LogP contribution in [-0.2, 0) is 0 Å². The van der Waals surface area contributed by atoms with Gasteiger partial charge in [-0.05, 0) is 46.7 Å². The Bertz CT molecular complexity index is 1010. The summed E-state index contributed by atoms with van der Waals surface area (Å²) in [5.41, 5.74) is 0.342. The van der Waals surface area contributed by atoms with Crippen LogP contribution in [0.15, 0.2) is 42.5 Å². The van der Waals surface area contributed by atoms with E-state index in [9.17, 15) is 23.7 Å². The topological polar surface area (TPSA) is 47.6 Å². The van der Waals surface area contributed by atoms with E-state index in [-0.39, 0.29) is 22.3 Å². The van der Waals surface area contributed by atoms with Crippen LogP contribution in [0.2, 0.25) is 0 Å². The van der Waals surface area contributed by atoms with Crippen molar-refractivity contribution in [2.24, 2.45) is 0 Å². The summed E-state index contributed by atoms with van der Waals surface area (Å²) in [5, 5.41) is 19.4. The molecule has 0 spiro atoms. The summed E-state index contributed by atoms with van der Waals surface area (Å²) >= 11 is 0. The van der Waals surface area contributed by atoms with Crippen LogP contribution in [0.4, 0.5) is 13.2 Å². The molecule has 3 aromatic carbocycles. The van der Waals surface area contributed by atoms with Gasteiger partial charge in [-0.3, -0.25) is 0 Å². The molecule has 0 aliphatic carbocycles. The Hall–Kier alpha value is -3.31. The molecule has 0 saturated carbocycles. The molecule has 0 radical (unpaired) electrons. The van der Waals surface area contributed by atoms with Gasteiger partial charge >= 0.3 is 0 Å². The molecule has 0 aliphatic rings. The van der Waals surface area contributed by atoms with Crippen molar-refractivity contribution in [3.05, 3.63) is 71.0 Å². The Labute approximate surface area is 129 Å². The number of benzene rings is 3. The molecule has 0 amide bonds. The molecule has 0 atom stereocenters. The summed E-state index contributed by atoms with van der Waals surface area (Å²) in [5.74, 6) is -2.12. The second-order valence-electron chi connectivity index (χ2n) is 4.92. The van der Waals surface area contributed by atoms with Crippen molar-refractivity contribution in [2.75, 3.05) is 0 Å². The van der Waals surface area contributed by atoms with Crippen molar-refractivity contribution in [2.45, 2.75) is 0 Å². The molecule has 3 rings (SSSR count). The van der Waals surface area contributed by atoms with Crippen molar-refractivity contribution in [3.63, 3.8) is 0 Å². The first-order chi connectivity index (χ1) is 11.0. The predicted octanol–water partition coefficient (Wildman–Crippen LogP) is 4.67. The largest absolute Gasteiger partial charge is 0.207 e. The van der Waals surface area contributed by atoms with Crippen LogP contribution in [0.3, 0.4) is 0 Å². The predicted molar refractivity (Wildman–Crippen MR) is 78.7 cm³/mol. The minimum absolute atomic E-state index is 0.00314. The van der Waals surface area contributed by atoms with Crippen molar-refractivity contribution >= 4 is 10.8 Å². The maximum Gasteiger partial charge on any atom is 0.126 e. The molecule has 0 saturated heterocycles. The number of hydrogen-bond donors (Lipinski definition) is 0. The van der Waals surface area contributed by atoms with Gasteiger partial charge < -0.3 is 0 Å². The summed E-state index contributed by atoms with van der Waals surface area (Å²) < 4.78 is 40.5. The molecule has 0 N–H and O–H groups in total. The Morgan fingerprint density at radius 1 is 0.739 bits per heavy atom. The average Bonchev–Trinajstić information content (AvgIpc) is 2.51. The Morgan fingerprint density at radius 2 is 1.43 bits per heavy atom. The number of nitriles is 2. The number of halogens is 3. The fraction of sp³-hybridized carbons (Fsp3) is 0. The van der Waals surface area contributed by atoms with E-state index in [4.69, 9.17) is 0 Å². The normalized spacial score (nSPS) is 10.3. The maximum absolute atomic E-state index is 13.5. The van der Waals surface area contributed by atoms with Crippen molar-refractivity contribution < 1.29 is 13.2 Å². The molecule has 0 heterocycles. The molecule has 0 aliphatic heterocycles. The van der Waals surface area contributed by atoms with Crippen LogP contribution in [-0.4, -0.2) is 0 Å². The third-order valence-electron chi connectivity index (χ3n) is 3.49. The standard InChI is InChI=1S/C18H7F3N2/c19-13-1-2-16-10(4-13)3-12(8-22)17(9-23)18(16)11-5-14(20)7-15(21)6-11/h1-7H. The van der Waals surface area contributed by atoms with Crippen LogP contribution in [0.1, 0.15) is 11.1 Å². The molecular weight excluding hydrogens is 301 g/mol.